The van der Waals surface area contributed by atoms with Gasteiger partial charge in [0.25, 0.3) is 0 Å². The molecule has 3 aromatic rings. The number of aryl methyl sites for hydroxylation is 1. The molecule has 0 fully saturated rings. The third kappa shape index (κ3) is 3.50. The fourth-order valence-electron chi connectivity index (χ4n) is 3.39. The molecule has 0 amide bonds. The maximum Gasteiger partial charge on any atom is 0.165 e. The van der Waals surface area contributed by atoms with Gasteiger partial charge in [-0.1, -0.05) is 32.0 Å². The minimum atomic E-state index is -0.356. The molecule has 26 heavy (non-hydrogen) atoms. The highest BCUT2D eigenvalue weighted by atomic mass is 19.1. The molecular formula is C22H25FN2O. The van der Waals surface area contributed by atoms with E-state index in [0.717, 1.165) is 35.3 Å². The van der Waals surface area contributed by atoms with Crippen molar-refractivity contribution in [3.63, 3.8) is 0 Å². The lowest BCUT2D eigenvalue weighted by Gasteiger charge is -2.19. The number of hydrogen-bond donors (Lipinski definition) is 0. The van der Waals surface area contributed by atoms with Crippen molar-refractivity contribution in [1.82, 2.24) is 9.78 Å². The highest BCUT2D eigenvalue weighted by Crippen LogP contribution is 2.33. The monoisotopic (exact) mass is 352 g/mol. The van der Waals surface area contributed by atoms with Gasteiger partial charge < -0.3 is 4.74 Å². The minimum absolute atomic E-state index is 0.255. The van der Waals surface area contributed by atoms with Crippen LogP contribution in [-0.4, -0.2) is 16.9 Å². The molecule has 1 aromatic heterocycles. The van der Waals surface area contributed by atoms with Crippen molar-refractivity contribution in [2.45, 2.75) is 39.5 Å². The first kappa shape index (κ1) is 18.2. The highest BCUT2D eigenvalue weighted by Gasteiger charge is 2.16. The average molecular weight is 352 g/mol. The first-order valence-corrected chi connectivity index (χ1v) is 9.07. The van der Waals surface area contributed by atoms with Gasteiger partial charge in [-0.15, -0.1) is 0 Å². The first-order valence-electron chi connectivity index (χ1n) is 9.07. The van der Waals surface area contributed by atoms with E-state index >= 15 is 0 Å². The largest absolute Gasteiger partial charge is 0.494 e. The molecule has 0 radical (unpaired) electrons. The van der Waals surface area contributed by atoms with Crippen molar-refractivity contribution in [1.29, 1.82) is 0 Å². The maximum absolute atomic E-state index is 14.1. The minimum Gasteiger partial charge on any atom is -0.494 e. The lowest BCUT2D eigenvalue weighted by Crippen LogP contribution is -2.05. The van der Waals surface area contributed by atoms with E-state index in [0.29, 0.717) is 5.92 Å². The molecule has 0 aliphatic carbocycles. The Balaban J connectivity index is 2.13. The molecule has 0 atom stereocenters. The van der Waals surface area contributed by atoms with Crippen LogP contribution in [0.2, 0.25) is 0 Å². The van der Waals surface area contributed by atoms with E-state index in [1.165, 1.54) is 18.7 Å². The summed E-state index contributed by atoms with van der Waals surface area (Å²) in [6.45, 7) is 6.40. The number of ether oxygens (including phenoxy) is 1. The van der Waals surface area contributed by atoms with E-state index in [1.807, 2.05) is 29.9 Å². The van der Waals surface area contributed by atoms with Gasteiger partial charge in [-0.2, -0.15) is 5.10 Å². The van der Waals surface area contributed by atoms with Crippen LogP contribution in [0.4, 0.5) is 4.39 Å². The second-order valence-corrected chi connectivity index (χ2v) is 6.54. The summed E-state index contributed by atoms with van der Waals surface area (Å²) in [5, 5.41) is 4.59. The molecule has 0 aliphatic rings. The first-order chi connectivity index (χ1) is 12.6. The molecule has 2 aromatic carbocycles. The molecule has 3 nitrogen and oxygen atoms in total. The van der Waals surface area contributed by atoms with Crippen LogP contribution >= 0.6 is 0 Å². The maximum atomic E-state index is 14.1. The quantitative estimate of drug-likeness (QED) is 0.552. The van der Waals surface area contributed by atoms with Crippen molar-refractivity contribution in [3.05, 3.63) is 65.7 Å². The van der Waals surface area contributed by atoms with Crippen LogP contribution in [0.15, 0.2) is 48.7 Å². The van der Waals surface area contributed by atoms with Crippen molar-refractivity contribution in [2.24, 2.45) is 0 Å². The Morgan fingerprint density at radius 3 is 2.31 bits per heavy atom. The molecule has 136 valence electrons. The molecule has 0 unspecified atom stereocenters. The van der Waals surface area contributed by atoms with E-state index in [2.05, 4.69) is 37.1 Å². The highest BCUT2D eigenvalue weighted by molar-refractivity contribution is 5.68. The van der Waals surface area contributed by atoms with E-state index in [-0.39, 0.29) is 11.6 Å². The fourth-order valence-corrected chi connectivity index (χ4v) is 3.39. The van der Waals surface area contributed by atoms with Gasteiger partial charge in [-0.25, -0.2) is 9.07 Å². The predicted molar refractivity (Wildman–Crippen MR) is 104 cm³/mol. The second-order valence-electron chi connectivity index (χ2n) is 6.54. The molecular weight excluding hydrogens is 327 g/mol. The summed E-state index contributed by atoms with van der Waals surface area (Å²) in [6.07, 6.45) is 4.12. The normalized spacial score (nSPS) is 11.2. The van der Waals surface area contributed by atoms with Crippen LogP contribution in [0.25, 0.3) is 16.8 Å². The van der Waals surface area contributed by atoms with Gasteiger partial charge in [0.15, 0.2) is 11.6 Å². The molecule has 3 rings (SSSR count). The van der Waals surface area contributed by atoms with Gasteiger partial charge in [-0.3, -0.25) is 0 Å². The number of halogens is 1. The summed E-state index contributed by atoms with van der Waals surface area (Å²) in [4.78, 5) is 0. The molecule has 0 saturated heterocycles. The Hall–Kier alpha value is -2.62. The summed E-state index contributed by atoms with van der Waals surface area (Å²) in [5.41, 5.74) is 5.09. The third-order valence-corrected chi connectivity index (χ3v) is 4.91. The standard InChI is InChI=1S/C22H25FN2O/c1-5-16(6-2)19-9-7-18(14-21(19)25-12-11-15(3)24-25)17-8-10-22(26-4)20(23)13-17/h7-14,16H,5-6H2,1-4H3. The van der Waals surface area contributed by atoms with Gasteiger partial charge >= 0.3 is 0 Å². The molecule has 4 heteroatoms. The van der Waals surface area contributed by atoms with Crippen molar-refractivity contribution in [2.75, 3.05) is 7.11 Å². The number of rotatable bonds is 6. The van der Waals surface area contributed by atoms with E-state index in [4.69, 9.17) is 4.74 Å². The molecule has 0 bridgehead atoms. The van der Waals surface area contributed by atoms with E-state index < -0.39 is 0 Å². The Bertz CT molecular complexity index is 897. The number of aromatic nitrogens is 2. The second kappa shape index (κ2) is 7.73. The van der Waals surface area contributed by atoms with Crippen LogP contribution in [0, 0.1) is 12.7 Å². The Kier molecular flexibility index (Phi) is 5.40. The van der Waals surface area contributed by atoms with Gasteiger partial charge in [0, 0.05) is 6.20 Å². The van der Waals surface area contributed by atoms with Crippen molar-refractivity contribution in [3.8, 4) is 22.6 Å². The Labute approximate surface area is 154 Å². The summed E-state index contributed by atoms with van der Waals surface area (Å²) >= 11 is 0. The smallest absolute Gasteiger partial charge is 0.165 e. The van der Waals surface area contributed by atoms with Crippen LogP contribution in [-0.2, 0) is 0 Å². The molecule has 1 heterocycles. The fraction of sp³-hybridized carbons (Fsp3) is 0.318. The summed E-state index contributed by atoms with van der Waals surface area (Å²) < 4.78 is 21.1. The topological polar surface area (TPSA) is 27.1 Å². The van der Waals surface area contributed by atoms with Gasteiger partial charge in [0.1, 0.15) is 0 Å². The predicted octanol–water partition coefficient (Wildman–Crippen LogP) is 5.90. The van der Waals surface area contributed by atoms with Crippen molar-refractivity contribution < 1.29 is 9.13 Å². The van der Waals surface area contributed by atoms with Crippen molar-refractivity contribution >= 4 is 0 Å². The Morgan fingerprint density at radius 1 is 1.04 bits per heavy atom. The lowest BCUT2D eigenvalue weighted by atomic mass is 9.90. The van der Waals surface area contributed by atoms with Gasteiger partial charge in [-0.05, 0) is 66.6 Å². The van der Waals surface area contributed by atoms with Gasteiger partial charge in [0.2, 0.25) is 0 Å². The van der Waals surface area contributed by atoms with E-state index in [9.17, 15) is 4.39 Å². The summed E-state index contributed by atoms with van der Waals surface area (Å²) in [7, 11) is 1.47. The van der Waals surface area contributed by atoms with Crippen LogP contribution in [0.3, 0.4) is 0 Å². The molecule has 0 spiro atoms. The van der Waals surface area contributed by atoms with Crippen LogP contribution in [0.5, 0.6) is 5.75 Å². The third-order valence-electron chi connectivity index (χ3n) is 4.91. The van der Waals surface area contributed by atoms with Crippen LogP contribution < -0.4 is 4.74 Å². The molecule has 0 saturated carbocycles. The Morgan fingerprint density at radius 2 is 1.73 bits per heavy atom. The zero-order chi connectivity index (χ0) is 18.7. The molecule has 0 aliphatic heterocycles. The lowest BCUT2D eigenvalue weighted by molar-refractivity contribution is 0.386. The van der Waals surface area contributed by atoms with E-state index in [1.54, 1.807) is 6.07 Å². The number of benzene rings is 2. The number of methoxy groups -OCH3 is 1. The molecule has 0 N–H and O–H groups in total. The SMILES string of the molecule is CCC(CC)c1ccc(-c2ccc(OC)c(F)c2)cc1-n1ccc(C)n1. The van der Waals surface area contributed by atoms with Gasteiger partial charge in [0.05, 0.1) is 18.5 Å². The summed E-state index contributed by atoms with van der Waals surface area (Å²) in [6, 6.07) is 13.4. The zero-order valence-electron chi connectivity index (χ0n) is 15.8. The zero-order valence-corrected chi connectivity index (χ0v) is 15.8. The number of hydrogen-bond acceptors (Lipinski definition) is 2. The van der Waals surface area contributed by atoms with Crippen LogP contribution in [0.1, 0.15) is 43.9 Å². The average Bonchev–Trinajstić information content (AvgIpc) is 3.09. The number of nitrogens with zero attached hydrogens (tertiary/aromatic N) is 2. The summed E-state index contributed by atoms with van der Waals surface area (Å²) in [5.74, 6) is 0.368.